The minimum atomic E-state index is -0.907. The van der Waals surface area contributed by atoms with Gasteiger partial charge in [-0.05, 0) is 36.5 Å². The summed E-state index contributed by atoms with van der Waals surface area (Å²) in [5.41, 5.74) is 8.09. The summed E-state index contributed by atoms with van der Waals surface area (Å²) in [6.07, 6.45) is 0. The van der Waals surface area contributed by atoms with Crippen LogP contribution in [0.1, 0.15) is 30.5 Å². The minimum absolute atomic E-state index is 0.114. The lowest BCUT2D eigenvalue weighted by Gasteiger charge is -2.33. The fourth-order valence-electron chi connectivity index (χ4n) is 1.88. The third-order valence-corrected chi connectivity index (χ3v) is 3.34. The highest BCUT2D eigenvalue weighted by atomic mass is 16.3. The fourth-order valence-corrected chi connectivity index (χ4v) is 1.88. The lowest BCUT2D eigenvalue weighted by atomic mass is 9.80. The molecule has 15 heavy (non-hydrogen) atoms. The molecule has 0 aliphatic heterocycles. The Balaban J connectivity index is 3.30. The third-order valence-electron chi connectivity index (χ3n) is 3.34. The molecule has 0 saturated heterocycles. The molecule has 0 aliphatic carbocycles. The smallest absolute Gasteiger partial charge is 0.104 e. The van der Waals surface area contributed by atoms with Crippen molar-refractivity contribution in [2.75, 3.05) is 6.54 Å². The lowest BCUT2D eigenvalue weighted by molar-refractivity contribution is -0.00175. The topological polar surface area (TPSA) is 46.2 Å². The summed E-state index contributed by atoms with van der Waals surface area (Å²) in [7, 11) is 0. The van der Waals surface area contributed by atoms with Gasteiger partial charge in [-0.3, -0.25) is 0 Å². The van der Waals surface area contributed by atoms with Crippen molar-refractivity contribution < 1.29 is 5.11 Å². The van der Waals surface area contributed by atoms with Gasteiger partial charge in [0.15, 0.2) is 0 Å². The van der Waals surface area contributed by atoms with Crippen molar-refractivity contribution in [1.29, 1.82) is 0 Å². The molecule has 3 N–H and O–H groups in total. The summed E-state index contributed by atoms with van der Waals surface area (Å²) < 4.78 is 0. The Morgan fingerprint density at radius 2 is 1.93 bits per heavy atom. The molecule has 0 spiro atoms. The van der Waals surface area contributed by atoms with Crippen LogP contribution >= 0.6 is 0 Å². The standard InChI is InChI=1S/C13H21NO/c1-9(2)13(15,8-14)12-7-5-6-10(3)11(12)4/h5-7,9,15H,8,14H2,1-4H3. The molecule has 2 nitrogen and oxygen atoms in total. The largest absolute Gasteiger partial charge is 0.384 e. The third kappa shape index (κ3) is 2.06. The van der Waals surface area contributed by atoms with Crippen LogP contribution in [0.4, 0.5) is 0 Å². The van der Waals surface area contributed by atoms with E-state index in [0.717, 1.165) is 11.1 Å². The maximum Gasteiger partial charge on any atom is 0.104 e. The molecule has 0 bridgehead atoms. The normalized spacial score (nSPS) is 15.4. The molecule has 1 rings (SSSR count). The van der Waals surface area contributed by atoms with Gasteiger partial charge in [-0.1, -0.05) is 32.0 Å². The molecule has 2 heteroatoms. The van der Waals surface area contributed by atoms with E-state index >= 15 is 0 Å². The van der Waals surface area contributed by atoms with Crippen molar-refractivity contribution in [3.8, 4) is 0 Å². The Kier molecular flexibility index (Phi) is 3.53. The summed E-state index contributed by atoms with van der Waals surface area (Å²) in [5.74, 6) is 0.114. The molecule has 1 aromatic rings. The predicted octanol–water partition coefficient (Wildman–Crippen LogP) is 2.11. The molecule has 0 radical (unpaired) electrons. The average molecular weight is 207 g/mol. The monoisotopic (exact) mass is 207 g/mol. The molecular weight excluding hydrogens is 186 g/mol. The van der Waals surface area contributed by atoms with Crippen LogP contribution in [-0.2, 0) is 5.60 Å². The first-order valence-electron chi connectivity index (χ1n) is 5.42. The Morgan fingerprint density at radius 1 is 1.33 bits per heavy atom. The van der Waals surface area contributed by atoms with E-state index in [4.69, 9.17) is 5.73 Å². The Hall–Kier alpha value is -0.860. The summed E-state index contributed by atoms with van der Waals surface area (Å²) in [6, 6.07) is 5.99. The van der Waals surface area contributed by atoms with Crippen LogP contribution < -0.4 is 5.73 Å². The van der Waals surface area contributed by atoms with Crippen LogP contribution in [0.5, 0.6) is 0 Å². The molecule has 1 unspecified atom stereocenters. The second-order valence-electron chi connectivity index (χ2n) is 4.53. The molecule has 84 valence electrons. The average Bonchev–Trinajstić information content (AvgIpc) is 2.20. The van der Waals surface area contributed by atoms with Gasteiger partial charge in [-0.25, -0.2) is 0 Å². The highest BCUT2D eigenvalue weighted by Gasteiger charge is 2.32. The SMILES string of the molecule is Cc1cccc(C(O)(CN)C(C)C)c1C. The summed E-state index contributed by atoms with van der Waals surface area (Å²) in [5, 5.41) is 10.5. The van der Waals surface area contributed by atoms with E-state index in [1.54, 1.807) is 0 Å². The zero-order chi connectivity index (χ0) is 11.6. The first-order valence-corrected chi connectivity index (χ1v) is 5.42. The van der Waals surface area contributed by atoms with Gasteiger partial charge in [0.05, 0.1) is 0 Å². The highest BCUT2D eigenvalue weighted by Crippen LogP contribution is 2.31. The van der Waals surface area contributed by atoms with Gasteiger partial charge < -0.3 is 10.8 Å². The highest BCUT2D eigenvalue weighted by molar-refractivity contribution is 5.37. The van der Waals surface area contributed by atoms with E-state index in [-0.39, 0.29) is 12.5 Å². The number of hydrogen-bond acceptors (Lipinski definition) is 2. The number of aryl methyl sites for hydroxylation is 1. The minimum Gasteiger partial charge on any atom is -0.384 e. The van der Waals surface area contributed by atoms with E-state index in [9.17, 15) is 5.11 Å². The molecule has 0 aromatic heterocycles. The Bertz CT molecular complexity index is 346. The van der Waals surface area contributed by atoms with Gasteiger partial charge in [-0.15, -0.1) is 0 Å². The van der Waals surface area contributed by atoms with Crippen molar-refractivity contribution in [1.82, 2.24) is 0 Å². The van der Waals surface area contributed by atoms with Crippen molar-refractivity contribution >= 4 is 0 Å². The Labute approximate surface area is 92.1 Å². The van der Waals surface area contributed by atoms with Gasteiger partial charge in [0.25, 0.3) is 0 Å². The van der Waals surface area contributed by atoms with Crippen LogP contribution in [0, 0.1) is 19.8 Å². The van der Waals surface area contributed by atoms with Crippen LogP contribution in [0.2, 0.25) is 0 Å². The number of rotatable bonds is 3. The number of hydrogen-bond donors (Lipinski definition) is 2. The van der Waals surface area contributed by atoms with E-state index in [1.165, 1.54) is 5.56 Å². The molecule has 1 aromatic carbocycles. The predicted molar refractivity (Wildman–Crippen MR) is 63.7 cm³/mol. The molecule has 0 saturated carbocycles. The van der Waals surface area contributed by atoms with Crippen molar-refractivity contribution in [3.05, 3.63) is 34.9 Å². The first kappa shape index (κ1) is 12.2. The molecule has 1 atom stereocenters. The molecule has 0 aliphatic rings. The van der Waals surface area contributed by atoms with Gasteiger partial charge in [0.2, 0.25) is 0 Å². The van der Waals surface area contributed by atoms with Crippen LogP contribution in [0.3, 0.4) is 0 Å². The maximum absolute atomic E-state index is 10.5. The van der Waals surface area contributed by atoms with Gasteiger partial charge in [0, 0.05) is 6.54 Å². The molecular formula is C13H21NO. The van der Waals surface area contributed by atoms with E-state index in [1.807, 2.05) is 32.9 Å². The second kappa shape index (κ2) is 4.33. The summed E-state index contributed by atoms with van der Waals surface area (Å²) >= 11 is 0. The van der Waals surface area contributed by atoms with Crippen LogP contribution in [-0.4, -0.2) is 11.7 Å². The quantitative estimate of drug-likeness (QED) is 0.797. The van der Waals surface area contributed by atoms with Gasteiger partial charge in [-0.2, -0.15) is 0 Å². The van der Waals surface area contributed by atoms with E-state index < -0.39 is 5.60 Å². The zero-order valence-electron chi connectivity index (χ0n) is 10.0. The number of aliphatic hydroxyl groups is 1. The van der Waals surface area contributed by atoms with E-state index in [2.05, 4.69) is 13.0 Å². The van der Waals surface area contributed by atoms with E-state index in [0.29, 0.717) is 0 Å². The van der Waals surface area contributed by atoms with Crippen molar-refractivity contribution in [3.63, 3.8) is 0 Å². The first-order chi connectivity index (χ1) is 6.93. The van der Waals surface area contributed by atoms with Crippen molar-refractivity contribution in [2.24, 2.45) is 11.7 Å². The number of nitrogens with two attached hydrogens (primary N) is 1. The lowest BCUT2D eigenvalue weighted by Crippen LogP contribution is -2.40. The fraction of sp³-hybridized carbons (Fsp3) is 0.538. The maximum atomic E-state index is 10.5. The van der Waals surface area contributed by atoms with Crippen molar-refractivity contribution in [2.45, 2.75) is 33.3 Å². The van der Waals surface area contributed by atoms with Crippen LogP contribution in [0.25, 0.3) is 0 Å². The Morgan fingerprint density at radius 3 is 2.40 bits per heavy atom. The zero-order valence-corrected chi connectivity index (χ0v) is 10.0. The summed E-state index contributed by atoms with van der Waals surface area (Å²) in [4.78, 5) is 0. The summed E-state index contributed by atoms with van der Waals surface area (Å²) in [6.45, 7) is 8.34. The molecule has 0 amide bonds. The van der Waals surface area contributed by atoms with Gasteiger partial charge >= 0.3 is 0 Å². The number of benzene rings is 1. The van der Waals surface area contributed by atoms with Crippen LogP contribution in [0.15, 0.2) is 18.2 Å². The molecule has 0 fully saturated rings. The molecule has 0 heterocycles. The van der Waals surface area contributed by atoms with Gasteiger partial charge in [0.1, 0.15) is 5.60 Å². The second-order valence-corrected chi connectivity index (χ2v) is 4.53.